The van der Waals surface area contributed by atoms with E-state index < -0.39 is 6.10 Å². The largest absolute Gasteiger partial charge is 0.372 e. The number of aromatic nitrogens is 2. The van der Waals surface area contributed by atoms with Crippen molar-refractivity contribution in [2.45, 2.75) is 19.6 Å². The molecule has 1 unspecified atom stereocenters. The second-order valence-corrected chi connectivity index (χ2v) is 3.25. The lowest BCUT2D eigenvalue weighted by molar-refractivity contribution is -0.124. The van der Waals surface area contributed by atoms with E-state index in [9.17, 15) is 4.79 Å². The number of aryl methyl sites for hydroxylation is 1. The lowest BCUT2D eigenvalue weighted by atomic mass is 10.3. The highest BCUT2D eigenvalue weighted by Crippen LogP contribution is 2.11. The van der Waals surface area contributed by atoms with Crippen LogP contribution in [0.15, 0.2) is 6.20 Å². The standard InChI is InChI=1S/C9H16N4O2/c1-6(15-3)9(14)11-8-7(4-10)5-13(2)12-8/h5-6H,4,10H2,1-3H3,(H,11,12,14). The molecule has 0 saturated heterocycles. The highest BCUT2D eigenvalue weighted by molar-refractivity contribution is 5.93. The number of nitrogens with one attached hydrogen (secondary N) is 1. The molecule has 0 radical (unpaired) electrons. The highest BCUT2D eigenvalue weighted by atomic mass is 16.5. The summed E-state index contributed by atoms with van der Waals surface area (Å²) >= 11 is 0. The molecule has 0 fully saturated rings. The molecule has 0 saturated carbocycles. The van der Waals surface area contributed by atoms with Crippen molar-refractivity contribution in [3.05, 3.63) is 11.8 Å². The number of amides is 1. The molecular weight excluding hydrogens is 196 g/mol. The van der Waals surface area contributed by atoms with Gasteiger partial charge in [-0.1, -0.05) is 0 Å². The highest BCUT2D eigenvalue weighted by Gasteiger charge is 2.15. The fourth-order valence-corrected chi connectivity index (χ4v) is 1.12. The van der Waals surface area contributed by atoms with Gasteiger partial charge in [0.25, 0.3) is 5.91 Å². The molecule has 0 aliphatic rings. The Bertz CT molecular complexity index is 348. The first kappa shape index (κ1) is 11.7. The summed E-state index contributed by atoms with van der Waals surface area (Å²) in [7, 11) is 3.25. The smallest absolute Gasteiger partial charge is 0.254 e. The number of ether oxygens (including phenoxy) is 1. The number of carbonyl (C=O) groups excluding carboxylic acids is 1. The Kier molecular flexibility index (Phi) is 3.81. The van der Waals surface area contributed by atoms with Crippen LogP contribution >= 0.6 is 0 Å². The molecule has 6 nitrogen and oxygen atoms in total. The molecule has 1 amide bonds. The first-order chi connectivity index (χ1) is 7.08. The van der Waals surface area contributed by atoms with Gasteiger partial charge in [0, 0.05) is 32.5 Å². The zero-order valence-electron chi connectivity index (χ0n) is 9.15. The number of carbonyl (C=O) groups is 1. The van der Waals surface area contributed by atoms with Gasteiger partial charge in [-0.15, -0.1) is 0 Å². The van der Waals surface area contributed by atoms with E-state index in [1.165, 1.54) is 7.11 Å². The molecule has 1 rings (SSSR count). The summed E-state index contributed by atoms with van der Waals surface area (Å²) in [6.07, 6.45) is 1.27. The molecule has 0 aromatic carbocycles. The van der Waals surface area contributed by atoms with Gasteiger partial charge in [0.1, 0.15) is 6.10 Å². The van der Waals surface area contributed by atoms with Crippen LogP contribution in [-0.4, -0.2) is 28.9 Å². The van der Waals surface area contributed by atoms with Gasteiger partial charge in [0.15, 0.2) is 5.82 Å². The van der Waals surface area contributed by atoms with E-state index in [4.69, 9.17) is 10.5 Å². The van der Waals surface area contributed by atoms with E-state index in [1.54, 1.807) is 24.9 Å². The van der Waals surface area contributed by atoms with Gasteiger partial charge >= 0.3 is 0 Å². The van der Waals surface area contributed by atoms with Crippen molar-refractivity contribution in [2.75, 3.05) is 12.4 Å². The lowest BCUT2D eigenvalue weighted by Gasteiger charge is -2.09. The van der Waals surface area contributed by atoms with Crippen LogP contribution in [-0.2, 0) is 23.1 Å². The average molecular weight is 212 g/mol. The quantitative estimate of drug-likeness (QED) is 0.727. The third-order valence-corrected chi connectivity index (χ3v) is 2.09. The average Bonchev–Trinajstić information content (AvgIpc) is 2.57. The van der Waals surface area contributed by atoms with Gasteiger partial charge in [-0.2, -0.15) is 5.10 Å². The minimum absolute atomic E-state index is 0.231. The summed E-state index contributed by atoms with van der Waals surface area (Å²) in [5, 5.41) is 6.74. The van der Waals surface area contributed by atoms with Gasteiger partial charge < -0.3 is 15.8 Å². The van der Waals surface area contributed by atoms with E-state index in [0.717, 1.165) is 5.56 Å². The molecule has 15 heavy (non-hydrogen) atoms. The van der Waals surface area contributed by atoms with E-state index in [-0.39, 0.29) is 5.91 Å². The van der Waals surface area contributed by atoms with Crippen LogP contribution in [0.4, 0.5) is 5.82 Å². The molecule has 1 aromatic rings. The number of hydrogen-bond acceptors (Lipinski definition) is 4. The summed E-state index contributed by atoms with van der Waals surface area (Å²) in [4.78, 5) is 11.5. The molecule has 1 atom stereocenters. The Labute approximate surface area is 88.4 Å². The molecule has 0 aliphatic carbocycles. The van der Waals surface area contributed by atoms with Crippen molar-refractivity contribution < 1.29 is 9.53 Å². The summed E-state index contributed by atoms with van der Waals surface area (Å²) < 4.78 is 6.49. The summed E-state index contributed by atoms with van der Waals surface area (Å²) in [5.74, 6) is 0.264. The van der Waals surface area contributed by atoms with Gasteiger partial charge in [0.2, 0.25) is 0 Å². The fraction of sp³-hybridized carbons (Fsp3) is 0.556. The number of methoxy groups -OCH3 is 1. The van der Waals surface area contributed by atoms with Crippen molar-refractivity contribution >= 4 is 11.7 Å². The van der Waals surface area contributed by atoms with Crippen molar-refractivity contribution in [3.8, 4) is 0 Å². The van der Waals surface area contributed by atoms with Crippen LogP contribution < -0.4 is 11.1 Å². The summed E-state index contributed by atoms with van der Waals surface area (Å²) in [5.41, 5.74) is 6.31. The van der Waals surface area contributed by atoms with Crippen molar-refractivity contribution in [1.29, 1.82) is 0 Å². The van der Waals surface area contributed by atoms with E-state index >= 15 is 0 Å². The third-order valence-electron chi connectivity index (χ3n) is 2.09. The second kappa shape index (κ2) is 4.90. The SMILES string of the molecule is COC(C)C(=O)Nc1nn(C)cc1CN. The Hall–Kier alpha value is -1.40. The molecule has 6 heteroatoms. The maximum atomic E-state index is 11.5. The van der Waals surface area contributed by atoms with Crippen LogP contribution in [0.2, 0.25) is 0 Å². The van der Waals surface area contributed by atoms with Crippen LogP contribution in [0.1, 0.15) is 12.5 Å². The van der Waals surface area contributed by atoms with Crippen LogP contribution in [0.25, 0.3) is 0 Å². The first-order valence-corrected chi connectivity index (χ1v) is 4.64. The lowest BCUT2D eigenvalue weighted by Crippen LogP contribution is -2.27. The van der Waals surface area contributed by atoms with Gasteiger partial charge in [-0.25, -0.2) is 0 Å². The number of nitrogens with two attached hydrogens (primary N) is 1. The number of rotatable bonds is 4. The normalized spacial score (nSPS) is 12.5. The van der Waals surface area contributed by atoms with E-state index in [1.807, 2.05) is 0 Å². The molecular formula is C9H16N4O2. The Morgan fingerprint density at radius 2 is 2.47 bits per heavy atom. The maximum Gasteiger partial charge on any atom is 0.254 e. The van der Waals surface area contributed by atoms with Crippen LogP contribution in [0.3, 0.4) is 0 Å². The Morgan fingerprint density at radius 1 is 1.80 bits per heavy atom. The minimum atomic E-state index is -0.502. The van der Waals surface area contributed by atoms with Crippen LogP contribution in [0.5, 0.6) is 0 Å². The van der Waals surface area contributed by atoms with Crippen molar-refractivity contribution in [3.63, 3.8) is 0 Å². The molecule has 3 N–H and O–H groups in total. The predicted octanol–water partition coefficient (Wildman–Crippen LogP) is -0.148. The number of hydrogen-bond donors (Lipinski definition) is 2. The number of nitrogens with zero attached hydrogens (tertiary/aromatic N) is 2. The fourth-order valence-electron chi connectivity index (χ4n) is 1.12. The van der Waals surface area contributed by atoms with Crippen LogP contribution in [0, 0.1) is 0 Å². The molecule has 1 aromatic heterocycles. The van der Waals surface area contributed by atoms with E-state index in [0.29, 0.717) is 12.4 Å². The predicted molar refractivity (Wildman–Crippen MR) is 56.2 cm³/mol. The topological polar surface area (TPSA) is 82.2 Å². The summed E-state index contributed by atoms with van der Waals surface area (Å²) in [6, 6.07) is 0. The third kappa shape index (κ3) is 2.77. The summed E-state index contributed by atoms with van der Waals surface area (Å²) in [6.45, 7) is 2.01. The molecule has 0 aliphatic heterocycles. The number of anilines is 1. The maximum absolute atomic E-state index is 11.5. The second-order valence-electron chi connectivity index (χ2n) is 3.25. The Morgan fingerprint density at radius 3 is 3.00 bits per heavy atom. The van der Waals surface area contributed by atoms with E-state index in [2.05, 4.69) is 10.4 Å². The monoisotopic (exact) mass is 212 g/mol. The first-order valence-electron chi connectivity index (χ1n) is 4.64. The minimum Gasteiger partial charge on any atom is -0.372 e. The van der Waals surface area contributed by atoms with Crippen molar-refractivity contribution in [2.24, 2.45) is 12.8 Å². The molecule has 0 spiro atoms. The van der Waals surface area contributed by atoms with Gasteiger partial charge in [0.05, 0.1) is 0 Å². The van der Waals surface area contributed by atoms with Gasteiger partial charge in [-0.05, 0) is 6.92 Å². The molecule has 0 bridgehead atoms. The molecule has 84 valence electrons. The molecule has 1 heterocycles. The van der Waals surface area contributed by atoms with Gasteiger partial charge in [-0.3, -0.25) is 9.48 Å². The Balaban J connectivity index is 2.75. The van der Waals surface area contributed by atoms with Crippen molar-refractivity contribution in [1.82, 2.24) is 9.78 Å². The zero-order chi connectivity index (χ0) is 11.4. The zero-order valence-corrected chi connectivity index (χ0v) is 9.15.